The van der Waals surface area contributed by atoms with Gasteiger partial charge in [-0.15, -0.1) is 0 Å². The van der Waals surface area contributed by atoms with Crippen molar-refractivity contribution in [1.82, 2.24) is 15.1 Å². The van der Waals surface area contributed by atoms with E-state index in [2.05, 4.69) is 35.9 Å². The molecule has 1 aromatic rings. The van der Waals surface area contributed by atoms with E-state index in [1.165, 1.54) is 6.42 Å². The van der Waals surface area contributed by atoms with Gasteiger partial charge in [-0.2, -0.15) is 0 Å². The highest BCUT2D eigenvalue weighted by molar-refractivity contribution is 5.80. The average Bonchev–Trinajstić information content (AvgIpc) is 3.16. The van der Waals surface area contributed by atoms with Gasteiger partial charge in [-0.3, -0.25) is 4.79 Å². The number of hydrogen-bond donors (Lipinski definition) is 2. The molecule has 1 fully saturated rings. The lowest BCUT2D eigenvalue weighted by Gasteiger charge is -2.24. The number of nitrogens with zero attached hydrogens (tertiary/aromatic N) is 3. The van der Waals surface area contributed by atoms with Crippen LogP contribution in [0.5, 0.6) is 5.75 Å². The number of ether oxygens (including phenoxy) is 1. The lowest BCUT2D eigenvalue weighted by molar-refractivity contribution is -0.119. The minimum atomic E-state index is -0.480. The van der Waals surface area contributed by atoms with Gasteiger partial charge in [0, 0.05) is 26.2 Å². The van der Waals surface area contributed by atoms with Crippen molar-refractivity contribution in [3.8, 4) is 5.75 Å². The molecule has 0 saturated carbocycles. The Balaban J connectivity index is 1.97. The summed E-state index contributed by atoms with van der Waals surface area (Å²) in [5, 5.41) is 3.42. The van der Waals surface area contributed by atoms with Crippen molar-refractivity contribution < 1.29 is 9.53 Å². The van der Waals surface area contributed by atoms with E-state index < -0.39 is 5.91 Å². The first-order valence-electron chi connectivity index (χ1n) is 10.3. The molecule has 0 radical (unpaired) electrons. The molecule has 1 unspecified atom stereocenters. The molecule has 3 N–H and O–H groups in total. The Labute approximate surface area is 168 Å². The Morgan fingerprint density at radius 3 is 2.82 bits per heavy atom. The Morgan fingerprint density at radius 1 is 1.36 bits per heavy atom. The zero-order valence-corrected chi connectivity index (χ0v) is 17.5. The Hall–Kier alpha value is -2.28. The summed E-state index contributed by atoms with van der Waals surface area (Å²) in [6.07, 6.45) is 1.21. The molecule has 0 aliphatic carbocycles. The standard InChI is InChI=1S/C21H35N5O2/c1-4-23-21(26-11-10-18(15-26)14-25(5-2)6-3)24-13-17-8-7-9-19(12-17)28-16-20(22)27/h7-9,12,18H,4-6,10-11,13-16H2,1-3H3,(H2,22,27)(H,23,24). The van der Waals surface area contributed by atoms with Crippen LogP contribution in [0.4, 0.5) is 0 Å². The number of primary amides is 1. The molecule has 7 nitrogen and oxygen atoms in total. The van der Waals surface area contributed by atoms with Crippen molar-refractivity contribution in [3.63, 3.8) is 0 Å². The lowest BCUT2D eigenvalue weighted by Crippen LogP contribution is -2.40. The molecule has 1 aliphatic heterocycles. The first kappa shape index (κ1) is 22.0. The maximum atomic E-state index is 10.9. The van der Waals surface area contributed by atoms with E-state index in [0.29, 0.717) is 18.2 Å². The van der Waals surface area contributed by atoms with Crippen LogP contribution in [-0.2, 0) is 11.3 Å². The second-order valence-electron chi connectivity index (χ2n) is 7.16. The largest absolute Gasteiger partial charge is 0.484 e. The van der Waals surface area contributed by atoms with E-state index in [-0.39, 0.29) is 6.61 Å². The summed E-state index contributed by atoms with van der Waals surface area (Å²) in [5.41, 5.74) is 6.17. The van der Waals surface area contributed by atoms with Crippen molar-refractivity contribution in [2.24, 2.45) is 16.6 Å². The summed E-state index contributed by atoms with van der Waals surface area (Å²) >= 11 is 0. The zero-order chi connectivity index (χ0) is 20.4. The molecule has 7 heteroatoms. The van der Waals surface area contributed by atoms with Crippen LogP contribution >= 0.6 is 0 Å². The SMILES string of the molecule is CCNC(=NCc1cccc(OCC(N)=O)c1)N1CCC(CN(CC)CC)C1. The van der Waals surface area contributed by atoms with Gasteiger partial charge >= 0.3 is 0 Å². The number of likely N-dealkylation sites (tertiary alicyclic amines) is 1. The van der Waals surface area contributed by atoms with Crippen molar-refractivity contribution in [1.29, 1.82) is 0 Å². The Kier molecular flexibility index (Phi) is 9.07. The molecule has 0 spiro atoms. The van der Waals surface area contributed by atoms with Gasteiger partial charge in [0.2, 0.25) is 0 Å². The van der Waals surface area contributed by atoms with E-state index in [0.717, 1.165) is 50.8 Å². The molecule has 2 rings (SSSR count). The van der Waals surface area contributed by atoms with E-state index in [9.17, 15) is 4.79 Å². The summed E-state index contributed by atoms with van der Waals surface area (Å²) in [6, 6.07) is 7.64. The van der Waals surface area contributed by atoms with Crippen molar-refractivity contribution in [3.05, 3.63) is 29.8 Å². The second-order valence-corrected chi connectivity index (χ2v) is 7.16. The van der Waals surface area contributed by atoms with Crippen molar-refractivity contribution in [2.75, 3.05) is 45.9 Å². The van der Waals surface area contributed by atoms with Crippen LogP contribution in [0.25, 0.3) is 0 Å². The number of nitrogens with two attached hydrogens (primary N) is 1. The second kappa shape index (κ2) is 11.5. The topological polar surface area (TPSA) is 83.2 Å². The molecule has 156 valence electrons. The van der Waals surface area contributed by atoms with Gasteiger partial charge in [-0.05, 0) is 50.0 Å². The monoisotopic (exact) mass is 389 g/mol. The van der Waals surface area contributed by atoms with Gasteiger partial charge < -0.3 is 25.6 Å². The number of hydrogen-bond acceptors (Lipinski definition) is 4. The maximum absolute atomic E-state index is 10.9. The molecule has 1 atom stereocenters. The Bertz CT molecular complexity index is 645. The van der Waals surface area contributed by atoms with Crippen LogP contribution in [0.15, 0.2) is 29.3 Å². The van der Waals surface area contributed by atoms with Crippen molar-refractivity contribution >= 4 is 11.9 Å². The summed E-state index contributed by atoms with van der Waals surface area (Å²) < 4.78 is 5.38. The summed E-state index contributed by atoms with van der Waals surface area (Å²) in [4.78, 5) is 20.6. The first-order valence-corrected chi connectivity index (χ1v) is 10.3. The third-order valence-corrected chi connectivity index (χ3v) is 5.02. The van der Waals surface area contributed by atoms with Crippen LogP contribution < -0.4 is 15.8 Å². The zero-order valence-electron chi connectivity index (χ0n) is 17.5. The number of rotatable bonds is 10. The van der Waals surface area contributed by atoms with Crippen LogP contribution in [-0.4, -0.2) is 67.5 Å². The minimum Gasteiger partial charge on any atom is -0.484 e. The molecule has 28 heavy (non-hydrogen) atoms. The minimum absolute atomic E-state index is 0.114. The summed E-state index contributed by atoms with van der Waals surface area (Å²) in [6.45, 7) is 13.3. The number of aliphatic imine (C=N–C) groups is 1. The van der Waals surface area contributed by atoms with Gasteiger partial charge in [-0.1, -0.05) is 26.0 Å². The summed E-state index contributed by atoms with van der Waals surface area (Å²) in [5.74, 6) is 1.81. The quantitative estimate of drug-likeness (QED) is 0.470. The number of carbonyl (C=O) groups is 1. The molecule has 1 saturated heterocycles. The van der Waals surface area contributed by atoms with Crippen LogP contribution in [0.2, 0.25) is 0 Å². The van der Waals surface area contributed by atoms with Crippen molar-refractivity contribution in [2.45, 2.75) is 33.7 Å². The lowest BCUT2D eigenvalue weighted by atomic mass is 10.1. The predicted molar refractivity (Wildman–Crippen MR) is 113 cm³/mol. The molecule has 0 aromatic heterocycles. The predicted octanol–water partition coefficient (Wildman–Crippen LogP) is 1.68. The molecule has 1 aliphatic rings. The normalized spacial score (nSPS) is 17.2. The number of benzene rings is 1. The van der Waals surface area contributed by atoms with E-state index in [1.54, 1.807) is 0 Å². The molecular formula is C21H35N5O2. The van der Waals surface area contributed by atoms with Gasteiger partial charge in [0.25, 0.3) is 5.91 Å². The van der Waals surface area contributed by atoms with Crippen LogP contribution in [0.3, 0.4) is 0 Å². The Morgan fingerprint density at radius 2 is 2.14 bits per heavy atom. The fraction of sp³-hybridized carbons (Fsp3) is 0.619. The van der Waals surface area contributed by atoms with Crippen LogP contribution in [0.1, 0.15) is 32.8 Å². The highest BCUT2D eigenvalue weighted by Gasteiger charge is 2.25. The van der Waals surface area contributed by atoms with Gasteiger partial charge in [0.1, 0.15) is 5.75 Å². The molecule has 1 heterocycles. The fourth-order valence-corrected chi connectivity index (χ4v) is 3.50. The molecule has 1 aromatic carbocycles. The third kappa shape index (κ3) is 7.03. The number of guanidine groups is 1. The third-order valence-electron chi connectivity index (χ3n) is 5.02. The highest BCUT2D eigenvalue weighted by Crippen LogP contribution is 2.18. The fourth-order valence-electron chi connectivity index (χ4n) is 3.50. The highest BCUT2D eigenvalue weighted by atomic mass is 16.5. The van der Waals surface area contributed by atoms with E-state index in [4.69, 9.17) is 15.5 Å². The summed E-state index contributed by atoms with van der Waals surface area (Å²) in [7, 11) is 0. The first-order chi connectivity index (χ1) is 13.5. The maximum Gasteiger partial charge on any atom is 0.255 e. The molecule has 0 bridgehead atoms. The van der Waals surface area contributed by atoms with Gasteiger partial charge in [-0.25, -0.2) is 4.99 Å². The van der Waals surface area contributed by atoms with E-state index >= 15 is 0 Å². The number of carbonyl (C=O) groups excluding carboxylic acids is 1. The number of amides is 1. The molecule has 1 amide bonds. The van der Waals surface area contributed by atoms with Crippen LogP contribution in [0, 0.1) is 5.92 Å². The average molecular weight is 390 g/mol. The van der Waals surface area contributed by atoms with Gasteiger partial charge in [0.05, 0.1) is 6.54 Å². The smallest absolute Gasteiger partial charge is 0.255 e. The molecular weight excluding hydrogens is 354 g/mol. The number of nitrogens with one attached hydrogen (secondary N) is 1. The van der Waals surface area contributed by atoms with E-state index in [1.807, 2.05) is 24.3 Å². The van der Waals surface area contributed by atoms with Gasteiger partial charge in [0.15, 0.2) is 12.6 Å².